The van der Waals surface area contributed by atoms with Crippen molar-refractivity contribution in [1.29, 1.82) is 0 Å². The molecule has 0 saturated carbocycles. The predicted octanol–water partition coefficient (Wildman–Crippen LogP) is 2.47. The summed E-state index contributed by atoms with van der Waals surface area (Å²) in [5.74, 6) is 1.52. The molecule has 0 aliphatic carbocycles. The van der Waals surface area contributed by atoms with Crippen LogP contribution in [0.3, 0.4) is 0 Å². The second-order valence-electron chi connectivity index (χ2n) is 9.13. The second-order valence-corrected chi connectivity index (χ2v) is 9.54. The highest BCUT2D eigenvalue weighted by Gasteiger charge is 2.42. The molecule has 2 aliphatic rings. The summed E-state index contributed by atoms with van der Waals surface area (Å²) < 4.78 is 19.7. The number of carbonyl (C=O) groups is 2. The van der Waals surface area contributed by atoms with E-state index >= 15 is 0 Å². The van der Waals surface area contributed by atoms with Crippen LogP contribution in [0.5, 0.6) is 5.75 Å². The second kappa shape index (κ2) is 11.4. The number of imidazole rings is 1. The Kier molecular flexibility index (Phi) is 8.30. The van der Waals surface area contributed by atoms with Crippen LogP contribution in [-0.2, 0) is 25.6 Å². The van der Waals surface area contributed by atoms with E-state index in [4.69, 9.17) is 25.8 Å². The minimum atomic E-state index is -0.943. The minimum Gasteiger partial charge on any atom is -0.490 e. The summed E-state index contributed by atoms with van der Waals surface area (Å²) in [5.41, 5.74) is -0.0411. The number of hydrogen-bond acceptors (Lipinski definition) is 6. The number of amides is 2. The van der Waals surface area contributed by atoms with E-state index in [1.54, 1.807) is 28.1 Å². The van der Waals surface area contributed by atoms with Gasteiger partial charge in [0.25, 0.3) is 0 Å². The maximum absolute atomic E-state index is 13.2. The van der Waals surface area contributed by atoms with E-state index in [2.05, 4.69) is 4.98 Å². The van der Waals surface area contributed by atoms with Crippen LogP contribution in [0.4, 0.5) is 0 Å². The monoisotopic (exact) mass is 504 g/mol. The van der Waals surface area contributed by atoms with E-state index < -0.39 is 5.60 Å². The fourth-order valence-corrected chi connectivity index (χ4v) is 4.56. The summed E-state index contributed by atoms with van der Waals surface area (Å²) in [6.07, 6.45) is 4.08. The highest BCUT2D eigenvalue weighted by molar-refractivity contribution is 6.31. The maximum Gasteiger partial charge on any atom is 0.225 e. The Bertz CT molecular complexity index is 1040. The molecule has 2 aliphatic heterocycles. The van der Waals surface area contributed by atoms with Crippen molar-refractivity contribution in [2.75, 3.05) is 52.6 Å². The fourth-order valence-electron chi connectivity index (χ4n) is 4.44. The first-order valence-electron chi connectivity index (χ1n) is 12.0. The third-order valence-electron chi connectivity index (χ3n) is 6.56. The molecule has 1 aromatic heterocycles. The van der Waals surface area contributed by atoms with Gasteiger partial charge in [-0.3, -0.25) is 9.59 Å². The van der Waals surface area contributed by atoms with Gasteiger partial charge in [0.15, 0.2) is 0 Å². The largest absolute Gasteiger partial charge is 0.490 e. The first kappa shape index (κ1) is 25.5. The molecule has 190 valence electrons. The zero-order valence-electron chi connectivity index (χ0n) is 20.4. The number of rotatable bonds is 8. The van der Waals surface area contributed by atoms with Crippen molar-refractivity contribution >= 4 is 23.4 Å². The lowest BCUT2D eigenvalue weighted by molar-refractivity contribution is -0.167. The van der Waals surface area contributed by atoms with Crippen LogP contribution < -0.4 is 4.74 Å². The molecule has 0 spiro atoms. The van der Waals surface area contributed by atoms with Crippen molar-refractivity contribution < 1.29 is 23.8 Å². The van der Waals surface area contributed by atoms with Gasteiger partial charge in [-0.05, 0) is 37.6 Å². The van der Waals surface area contributed by atoms with Gasteiger partial charge in [-0.25, -0.2) is 4.98 Å². The van der Waals surface area contributed by atoms with Gasteiger partial charge in [0.2, 0.25) is 11.8 Å². The molecule has 1 aromatic carbocycles. The Morgan fingerprint density at radius 3 is 2.60 bits per heavy atom. The van der Waals surface area contributed by atoms with Gasteiger partial charge in [0, 0.05) is 50.0 Å². The van der Waals surface area contributed by atoms with Crippen LogP contribution in [0.25, 0.3) is 0 Å². The van der Waals surface area contributed by atoms with Crippen molar-refractivity contribution in [3.05, 3.63) is 47.0 Å². The van der Waals surface area contributed by atoms with E-state index in [0.717, 1.165) is 11.4 Å². The summed E-state index contributed by atoms with van der Waals surface area (Å²) >= 11 is 6.15. The van der Waals surface area contributed by atoms with Crippen molar-refractivity contribution in [3.8, 4) is 5.75 Å². The van der Waals surface area contributed by atoms with Gasteiger partial charge in [-0.2, -0.15) is 0 Å². The standard InChI is InChI=1S/C25H33ClN4O5/c1-19-15-21(3-4-22(19)26)34-18-25(16-24(32)29-9-12-33-13-10-29)17-30(11-14-35-25)23(31)5-7-28-8-6-27-20(28)2/h3-4,6,8,15H,5,7,9-14,16-18H2,1-2H3/t25-/m1/s1. The quantitative estimate of drug-likeness (QED) is 0.549. The Balaban J connectivity index is 1.46. The molecule has 2 amide bonds. The highest BCUT2D eigenvalue weighted by atomic mass is 35.5. The molecule has 0 radical (unpaired) electrons. The molecule has 2 aromatic rings. The smallest absolute Gasteiger partial charge is 0.225 e. The Hall–Kier alpha value is -2.62. The van der Waals surface area contributed by atoms with Crippen LogP contribution in [0.1, 0.15) is 24.2 Å². The summed E-state index contributed by atoms with van der Waals surface area (Å²) in [7, 11) is 0. The molecular weight excluding hydrogens is 472 g/mol. The maximum atomic E-state index is 13.2. The molecule has 2 saturated heterocycles. The number of aryl methyl sites for hydroxylation is 3. The average molecular weight is 505 g/mol. The van der Waals surface area contributed by atoms with Gasteiger partial charge < -0.3 is 28.6 Å². The summed E-state index contributed by atoms with van der Waals surface area (Å²) in [6, 6.07) is 5.44. The molecule has 4 rings (SSSR count). The van der Waals surface area contributed by atoms with E-state index in [0.29, 0.717) is 63.2 Å². The number of hydrogen-bond donors (Lipinski definition) is 0. The Morgan fingerprint density at radius 1 is 1.11 bits per heavy atom. The highest BCUT2D eigenvalue weighted by Crippen LogP contribution is 2.28. The summed E-state index contributed by atoms with van der Waals surface area (Å²) in [6.45, 7) is 7.80. The first-order valence-corrected chi connectivity index (χ1v) is 12.4. The van der Waals surface area contributed by atoms with Crippen LogP contribution >= 0.6 is 11.6 Å². The topological polar surface area (TPSA) is 86.1 Å². The number of nitrogens with zero attached hydrogens (tertiary/aromatic N) is 4. The van der Waals surface area contributed by atoms with Crippen molar-refractivity contribution in [1.82, 2.24) is 19.4 Å². The number of ether oxygens (including phenoxy) is 3. The van der Waals surface area contributed by atoms with E-state index in [1.807, 2.05) is 30.7 Å². The van der Waals surface area contributed by atoms with Crippen molar-refractivity contribution in [2.24, 2.45) is 0 Å². The number of aromatic nitrogens is 2. The summed E-state index contributed by atoms with van der Waals surface area (Å²) in [4.78, 5) is 34.1. The molecule has 0 bridgehead atoms. The molecule has 35 heavy (non-hydrogen) atoms. The van der Waals surface area contributed by atoms with Crippen molar-refractivity contribution in [2.45, 2.75) is 38.8 Å². The molecule has 0 N–H and O–H groups in total. The van der Waals surface area contributed by atoms with Crippen LogP contribution in [0.2, 0.25) is 5.02 Å². The third kappa shape index (κ3) is 6.54. The average Bonchev–Trinajstić information content (AvgIpc) is 3.28. The molecule has 0 unspecified atom stereocenters. The predicted molar refractivity (Wildman–Crippen MR) is 131 cm³/mol. The molecule has 2 fully saturated rings. The Morgan fingerprint density at radius 2 is 1.89 bits per heavy atom. The van der Waals surface area contributed by atoms with Gasteiger partial charge in [-0.1, -0.05) is 11.6 Å². The van der Waals surface area contributed by atoms with E-state index in [-0.39, 0.29) is 31.4 Å². The van der Waals surface area contributed by atoms with E-state index in [1.165, 1.54) is 0 Å². The lowest BCUT2D eigenvalue weighted by atomic mass is 9.96. The molecule has 9 nitrogen and oxygen atoms in total. The molecule has 3 heterocycles. The zero-order valence-corrected chi connectivity index (χ0v) is 21.1. The molecule has 10 heteroatoms. The number of halogens is 1. The van der Waals surface area contributed by atoms with Gasteiger partial charge in [0.05, 0.1) is 32.8 Å². The fraction of sp³-hybridized carbons (Fsp3) is 0.560. The van der Waals surface area contributed by atoms with Crippen LogP contribution in [0.15, 0.2) is 30.6 Å². The SMILES string of the molecule is Cc1cc(OC[C@@]2(CC(=O)N3CCOCC3)CN(C(=O)CCn3ccnc3C)CCO2)ccc1Cl. The van der Waals surface area contributed by atoms with E-state index in [9.17, 15) is 9.59 Å². The molecule has 1 atom stereocenters. The lowest BCUT2D eigenvalue weighted by Gasteiger charge is -2.43. The van der Waals surface area contributed by atoms with Crippen LogP contribution in [0, 0.1) is 13.8 Å². The lowest BCUT2D eigenvalue weighted by Crippen LogP contribution is -2.58. The number of benzene rings is 1. The summed E-state index contributed by atoms with van der Waals surface area (Å²) in [5, 5.41) is 0.661. The molecular formula is C25H33ClN4O5. The number of morpholine rings is 2. The van der Waals surface area contributed by atoms with Gasteiger partial charge in [0.1, 0.15) is 23.8 Å². The van der Waals surface area contributed by atoms with Gasteiger partial charge in [-0.15, -0.1) is 0 Å². The number of carbonyl (C=O) groups excluding carboxylic acids is 2. The Labute approximate surface area is 210 Å². The van der Waals surface area contributed by atoms with Crippen molar-refractivity contribution in [3.63, 3.8) is 0 Å². The minimum absolute atomic E-state index is 0.0203. The normalized spacial score (nSPS) is 20.7. The third-order valence-corrected chi connectivity index (χ3v) is 6.98. The van der Waals surface area contributed by atoms with Gasteiger partial charge >= 0.3 is 0 Å². The first-order chi connectivity index (χ1) is 16.8. The zero-order chi connectivity index (χ0) is 24.8. The van der Waals surface area contributed by atoms with Crippen LogP contribution in [-0.4, -0.2) is 89.4 Å².